The third kappa shape index (κ3) is 2.66. The maximum atomic E-state index is 12.0. The summed E-state index contributed by atoms with van der Waals surface area (Å²) >= 11 is 0. The fraction of sp³-hybridized carbons (Fsp3) is 0.562. The Hall–Kier alpha value is -1.35. The van der Waals surface area contributed by atoms with E-state index in [4.69, 9.17) is 4.74 Å². The molecule has 0 amide bonds. The van der Waals surface area contributed by atoms with Crippen LogP contribution in [0.1, 0.15) is 43.4 Å². The third-order valence-corrected chi connectivity index (χ3v) is 4.07. The van der Waals surface area contributed by atoms with Crippen molar-refractivity contribution in [3.63, 3.8) is 0 Å². The largest absolute Gasteiger partial charge is 0.469 e. The van der Waals surface area contributed by atoms with Gasteiger partial charge in [0.1, 0.15) is 0 Å². The van der Waals surface area contributed by atoms with Crippen LogP contribution in [0.3, 0.4) is 0 Å². The molecule has 0 radical (unpaired) electrons. The molecular formula is C16H23NO2. The summed E-state index contributed by atoms with van der Waals surface area (Å²) in [5.41, 5.74) is 2.17. The van der Waals surface area contributed by atoms with Gasteiger partial charge in [0, 0.05) is 6.04 Å². The van der Waals surface area contributed by atoms with E-state index >= 15 is 0 Å². The summed E-state index contributed by atoms with van der Waals surface area (Å²) in [7, 11) is 3.38. The van der Waals surface area contributed by atoms with Crippen molar-refractivity contribution in [2.45, 2.75) is 38.6 Å². The van der Waals surface area contributed by atoms with E-state index in [1.54, 1.807) is 0 Å². The molecule has 1 aliphatic carbocycles. The van der Waals surface area contributed by atoms with Crippen molar-refractivity contribution in [1.82, 2.24) is 5.32 Å². The molecule has 1 aliphatic rings. The van der Waals surface area contributed by atoms with Crippen LogP contribution in [0.15, 0.2) is 24.3 Å². The molecule has 1 fully saturated rings. The Morgan fingerprint density at radius 2 is 2.00 bits per heavy atom. The Labute approximate surface area is 115 Å². The van der Waals surface area contributed by atoms with Gasteiger partial charge in [0.15, 0.2) is 0 Å². The van der Waals surface area contributed by atoms with Crippen molar-refractivity contribution in [1.29, 1.82) is 0 Å². The predicted octanol–water partition coefficient (Wildman–Crippen LogP) is 2.85. The van der Waals surface area contributed by atoms with Gasteiger partial charge in [-0.25, -0.2) is 0 Å². The standard InChI is InChI=1S/C16H23NO2/c1-4-5-12-6-8-13(9-7-12)14(17-2)16(10-11-16)15(18)19-3/h6-9,14,17H,4-5,10-11H2,1-3H3. The van der Waals surface area contributed by atoms with Gasteiger partial charge in [0.2, 0.25) is 0 Å². The van der Waals surface area contributed by atoms with E-state index in [-0.39, 0.29) is 17.4 Å². The summed E-state index contributed by atoms with van der Waals surface area (Å²) in [6.07, 6.45) is 4.07. The van der Waals surface area contributed by atoms with Gasteiger partial charge in [0.25, 0.3) is 0 Å². The highest BCUT2D eigenvalue weighted by molar-refractivity contribution is 5.81. The molecule has 0 heterocycles. The number of carbonyl (C=O) groups excluding carboxylic acids is 1. The minimum Gasteiger partial charge on any atom is -0.469 e. The Morgan fingerprint density at radius 1 is 1.37 bits per heavy atom. The van der Waals surface area contributed by atoms with E-state index in [1.807, 2.05) is 7.05 Å². The summed E-state index contributed by atoms with van der Waals surface area (Å²) in [6, 6.07) is 8.65. The van der Waals surface area contributed by atoms with Crippen LogP contribution >= 0.6 is 0 Å². The Morgan fingerprint density at radius 3 is 2.42 bits per heavy atom. The minimum absolute atomic E-state index is 0.0515. The number of nitrogens with one attached hydrogen (secondary N) is 1. The number of carbonyl (C=O) groups is 1. The Kier molecular flexibility index (Phi) is 4.25. The van der Waals surface area contributed by atoms with Crippen molar-refractivity contribution in [2.24, 2.45) is 5.41 Å². The van der Waals surface area contributed by atoms with Crippen LogP contribution < -0.4 is 5.32 Å². The fourth-order valence-electron chi connectivity index (χ4n) is 2.88. The molecule has 0 aromatic heterocycles. The summed E-state index contributed by atoms with van der Waals surface area (Å²) in [5, 5.41) is 3.29. The monoisotopic (exact) mass is 261 g/mol. The number of methoxy groups -OCH3 is 1. The van der Waals surface area contributed by atoms with E-state index in [9.17, 15) is 4.79 Å². The first-order chi connectivity index (χ1) is 9.17. The molecule has 104 valence electrons. The van der Waals surface area contributed by atoms with Crippen molar-refractivity contribution >= 4 is 5.97 Å². The van der Waals surface area contributed by atoms with Gasteiger partial charge in [-0.05, 0) is 37.4 Å². The van der Waals surface area contributed by atoms with E-state index < -0.39 is 0 Å². The molecule has 0 bridgehead atoms. The third-order valence-electron chi connectivity index (χ3n) is 4.07. The number of rotatable bonds is 6. The van der Waals surface area contributed by atoms with Crippen molar-refractivity contribution < 1.29 is 9.53 Å². The average molecular weight is 261 g/mol. The number of aryl methyl sites for hydroxylation is 1. The average Bonchev–Trinajstić information content (AvgIpc) is 3.22. The highest BCUT2D eigenvalue weighted by Crippen LogP contribution is 2.55. The van der Waals surface area contributed by atoms with Gasteiger partial charge in [-0.2, -0.15) is 0 Å². The van der Waals surface area contributed by atoms with Crippen LogP contribution in [0.4, 0.5) is 0 Å². The predicted molar refractivity (Wildman–Crippen MR) is 75.9 cm³/mol. The van der Waals surface area contributed by atoms with Gasteiger partial charge in [-0.15, -0.1) is 0 Å². The van der Waals surface area contributed by atoms with Gasteiger partial charge in [0.05, 0.1) is 12.5 Å². The summed E-state index contributed by atoms with van der Waals surface area (Å²) in [4.78, 5) is 12.0. The SMILES string of the molecule is CCCc1ccc(C(NC)C2(C(=O)OC)CC2)cc1. The first-order valence-electron chi connectivity index (χ1n) is 7.02. The molecule has 2 rings (SSSR count). The zero-order valence-corrected chi connectivity index (χ0v) is 12.0. The lowest BCUT2D eigenvalue weighted by Crippen LogP contribution is -2.33. The topological polar surface area (TPSA) is 38.3 Å². The second kappa shape index (κ2) is 5.74. The van der Waals surface area contributed by atoms with Crippen molar-refractivity contribution in [2.75, 3.05) is 14.2 Å². The Balaban J connectivity index is 2.20. The summed E-state index contributed by atoms with van der Waals surface area (Å²) in [6.45, 7) is 2.18. The first kappa shape index (κ1) is 14.1. The van der Waals surface area contributed by atoms with E-state index in [2.05, 4.69) is 36.5 Å². The molecular weight excluding hydrogens is 238 g/mol. The maximum absolute atomic E-state index is 12.0. The lowest BCUT2D eigenvalue weighted by atomic mass is 9.89. The Bertz CT molecular complexity index is 435. The first-order valence-corrected chi connectivity index (χ1v) is 7.02. The molecule has 0 saturated heterocycles. The van der Waals surface area contributed by atoms with E-state index in [0.29, 0.717) is 0 Å². The van der Waals surface area contributed by atoms with E-state index in [1.165, 1.54) is 18.2 Å². The molecule has 1 N–H and O–H groups in total. The molecule has 3 nitrogen and oxygen atoms in total. The van der Waals surface area contributed by atoms with Crippen LogP contribution in [0.2, 0.25) is 0 Å². The maximum Gasteiger partial charge on any atom is 0.313 e. The van der Waals surface area contributed by atoms with Crippen LogP contribution in [-0.4, -0.2) is 20.1 Å². The zero-order valence-electron chi connectivity index (χ0n) is 12.0. The highest BCUT2D eigenvalue weighted by Gasteiger charge is 2.56. The van der Waals surface area contributed by atoms with E-state index in [0.717, 1.165) is 25.7 Å². The van der Waals surface area contributed by atoms with Crippen LogP contribution in [-0.2, 0) is 16.0 Å². The molecule has 3 heteroatoms. The molecule has 1 unspecified atom stereocenters. The fourth-order valence-corrected chi connectivity index (χ4v) is 2.88. The second-order valence-corrected chi connectivity index (χ2v) is 5.36. The van der Waals surface area contributed by atoms with Crippen LogP contribution in [0, 0.1) is 5.41 Å². The number of hydrogen-bond acceptors (Lipinski definition) is 3. The smallest absolute Gasteiger partial charge is 0.313 e. The lowest BCUT2D eigenvalue weighted by Gasteiger charge is -2.25. The molecule has 1 saturated carbocycles. The number of hydrogen-bond donors (Lipinski definition) is 1. The van der Waals surface area contributed by atoms with Crippen molar-refractivity contribution in [3.05, 3.63) is 35.4 Å². The zero-order chi connectivity index (χ0) is 13.9. The quantitative estimate of drug-likeness (QED) is 0.800. The normalized spacial score (nSPS) is 17.8. The van der Waals surface area contributed by atoms with Gasteiger partial charge >= 0.3 is 5.97 Å². The van der Waals surface area contributed by atoms with Crippen LogP contribution in [0.25, 0.3) is 0 Å². The highest BCUT2D eigenvalue weighted by atomic mass is 16.5. The molecule has 1 atom stereocenters. The molecule has 1 aromatic carbocycles. The summed E-state index contributed by atoms with van der Waals surface area (Å²) in [5.74, 6) is -0.0931. The molecule has 0 aliphatic heterocycles. The van der Waals surface area contributed by atoms with Gasteiger partial charge in [-0.1, -0.05) is 37.6 Å². The second-order valence-electron chi connectivity index (χ2n) is 5.36. The molecule has 19 heavy (non-hydrogen) atoms. The van der Waals surface area contributed by atoms with Crippen LogP contribution in [0.5, 0.6) is 0 Å². The molecule has 1 aromatic rings. The van der Waals surface area contributed by atoms with Crippen molar-refractivity contribution in [3.8, 4) is 0 Å². The number of ether oxygens (including phenoxy) is 1. The summed E-state index contributed by atoms with van der Waals surface area (Å²) < 4.78 is 4.97. The lowest BCUT2D eigenvalue weighted by molar-refractivity contribution is -0.148. The van der Waals surface area contributed by atoms with Gasteiger partial charge in [-0.3, -0.25) is 4.79 Å². The number of esters is 1. The molecule has 0 spiro atoms. The number of benzene rings is 1. The minimum atomic E-state index is -0.351. The van der Waals surface area contributed by atoms with Gasteiger partial charge < -0.3 is 10.1 Å².